The molecule has 2 heterocycles. The van der Waals surface area contributed by atoms with Crippen LogP contribution in [0, 0.1) is 11.6 Å². The minimum Gasteiger partial charge on any atom is -0.338 e. The van der Waals surface area contributed by atoms with Gasteiger partial charge >= 0.3 is 0 Å². The van der Waals surface area contributed by atoms with Crippen molar-refractivity contribution in [3.8, 4) is 0 Å². The molecule has 0 unspecified atom stereocenters. The van der Waals surface area contributed by atoms with Gasteiger partial charge in [0.15, 0.2) is 11.6 Å². The first-order valence-corrected chi connectivity index (χ1v) is 8.20. The first-order valence-electron chi connectivity index (χ1n) is 8.20. The average molecular weight is 349 g/mol. The molecule has 1 aliphatic heterocycles. The Bertz CT molecular complexity index is 783. The van der Waals surface area contributed by atoms with Crippen molar-refractivity contribution >= 4 is 11.8 Å². The third-order valence-electron chi connectivity index (χ3n) is 4.33. The molecular formula is C18H21F2N3O2. The van der Waals surface area contributed by atoms with Crippen molar-refractivity contribution < 1.29 is 18.1 Å². The fourth-order valence-electron chi connectivity index (χ4n) is 2.69. The van der Waals surface area contributed by atoms with Gasteiger partial charge in [0.25, 0.3) is 0 Å². The number of carbonyl (C=O) groups is 1. The Hall–Kier alpha value is -2.28. The summed E-state index contributed by atoms with van der Waals surface area (Å²) in [5.41, 5.74) is 1.22. The van der Waals surface area contributed by atoms with Crippen LogP contribution in [-0.2, 0) is 16.8 Å². The zero-order valence-corrected chi connectivity index (χ0v) is 14.5. The third-order valence-corrected chi connectivity index (χ3v) is 4.33. The van der Waals surface area contributed by atoms with E-state index in [1.165, 1.54) is 6.07 Å². The highest BCUT2D eigenvalue weighted by Gasteiger charge is 2.34. The summed E-state index contributed by atoms with van der Waals surface area (Å²) in [6.07, 6.45) is 0.704. The normalized spacial score (nSPS) is 18.0. The van der Waals surface area contributed by atoms with Crippen LogP contribution in [0.15, 0.2) is 28.8 Å². The van der Waals surface area contributed by atoms with E-state index in [9.17, 15) is 13.6 Å². The second-order valence-electron chi connectivity index (χ2n) is 7.34. The lowest BCUT2D eigenvalue weighted by molar-refractivity contribution is -0.126. The van der Waals surface area contributed by atoms with E-state index in [2.05, 4.69) is 10.5 Å². The van der Waals surface area contributed by atoms with Gasteiger partial charge in [-0.2, -0.15) is 0 Å². The second-order valence-corrected chi connectivity index (χ2v) is 7.34. The highest BCUT2D eigenvalue weighted by molar-refractivity contribution is 5.94. The van der Waals surface area contributed by atoms with E-state index < -0.39 is 11.6 Å². The van der Waals surface area contributed by atoms with Crippen LogP contribution in [-0.4, -0.2) is 28.6 Å². The van der Waals surface area contributed by atoms with Gasteiger partial charge in [0.05, 0.1) is 11.7 Å². The van der Waals surface area contributed by atoms with Crippen LogP contribution >= 0.6 is 0 Å². The van der Waals surface area contributed by atoms with E-state index in [1.54, 1.807) is 6.07 Å². The highest BCUT2D eigenvalue weighted by Crippen LogP contribution is 2.26. The minimum atomic E-state index is -0.879. The van der Waals surface area contributed by atoms with Gasteiger partial charge in [-0.05, 0) is 24.1 Å². The predicted molar refractivity (Wildman–Crippen MR) is 89.0 cm³/mol. The predicted octanol–water partition coefficient (Wildman–Crippen LogP) is 3.46. The summed E-state index contributed by atoms with van der Waals surface area (Å²) in [6, 6.07) is 5.18. The number of nitrogens with one attached hydrogen (secondary N) is 1. The number of likely N-dealkylation sites (tertiary alicyclic amines) is 1. The number of nitrogens with zero attached hydrogens (tertiary/aromatic N) is 2. The molecule has 1 atom stereocenters. The summed E-state index contributed by atoms with van der Waals surface area (Å²) in [5.74, 6) is -1.63. The van der Waals surface area contributed by atoms with Gasteiger partial charge in [-0.15, -0.1) is 0 Å². The van der Waals surface area contributed by atoms with Crippen molar-refractivity contribution in [2.24, 2.45) is 0 Å². The third kappa shape index (κ3) is 3.87. The molecule has 0 bridgehead atoms. The van der Waals surface area contributed by atoms with Gasteiger partial charge in [-0.1, -0.05) is 32.0 Å². The molecule has 1 N–H and O–H groups in total. The maximum atomic E-state index is 13.3. The maximum Gasteiger partial charge on any atom is 0.244 e. The molecule has 1 aliphatic rings. The van der Waals surface area contributed by atoms with Crippen LogP contribution in [0.1, 0.15) is 38.4 Å². The summed E-state index contributed by atoms with van der Waals surface area (Å²) in [5, 5.41) is 6.70. The van der Waals surface area contributed by atoms with E-state index in [0.29, 0.717) is 24.4 Å². The van der Waals surface area contributed by atoms with E-state index in [-0.39, 0.29) is 17.4 Å². The Morgan fingerprint density at radius 3 is 2.64 bits per heavy atom. The molecule has 0 saturated carbocycles. The van der Waals surface area contributed by atoms with Crippen LogP contribution in [0.3, 0.4) is 0 Å². The fraction of sp³-hybridized carbons (Fsp3) is 0.444. The van der Waals surface area contributed by atoms with Crippen LogP contribution in [0.5, 0.6) is 0 Å². The smallest absolute Gasteiger partial charge is 0.244 e. The van der Waals surface area contributed by atoms with E-state index in [4.69, 9.17) is 4.52 Å². The SMILES string of the molecule is CC(C)(C)c1cc(NC(=O)[C@@H]2CCN2Cc2ccc(F)c(F)c2)on1. The Labute approximate surface area is 145 Å². The number of hydrogen-bond donors (Lipinski definition) is 1. The molecule has 1 amide bonds. The summed E-state index contributed by atoms with van der Waals surface area (Å²) < 4.78 is 31.5. The lowest BCUT2D eigenvalue weighted by atomic mass is 9.92. The molecule has 0 spiro atoms. The number of rotatable bonds is 4. The Morgan fingerprint density at radius 2 is 2.08 bits per heavy atom. The van der Waals surface area contributed by atoms with Crippen molar-refractivity contribution in [2.75, 3.05) is 11.9 Å². The van der Waals surface area contributed by atoms with Gasteiger partial charge in [-0.3, -0.25) is 15.0 Å². The van der Waals surface area contributed by atoms with Gasteiger partial charge in [0, 0.05) is 24.6 Å². The molecule has 1 saturated heterocycles. The fourth-order valence-corrected chi connectivity index (χ4v) is 2.69. The Morgan fingerprint density at radius 1 is 1.32 bits per heavy atom. The van der Waals surface area contributed by atoms with Crippen molar-refractivity contribution in [1.82, 2.24) is 10.1 Å². The quantitative estimate of drug-likeness (QED) is 0.918. The second kappa shape index (κ2) is 6.55. The average Bonchev–Trinajstić information content (AvgIpc) is 2.95. The largest absolute Gasteiger partial charge is 0.338 e. The minimum absolute atomic E-state index is 0.165. The molecule has 1 aromatic carbocycles. The highest BCUT2D eigenvalue weighted by atomic mass is 19.2. The summed E-state index contributed by atoms with van der Waals surface area (Å²) in [7, 11) is 0. The Kier molecular flexibility index (Phi) is 4.60. The lowest BCUT2D eigenvalue weighted by Crippen LogP contribution is -2.53. The molecule has 0 radical (unpaired) electrons. The first kappa shape index (κ1) is 17.5. The number of anilines is 1. The molecule has 5 nitrogen and oxygen atoms in total. The van der Waals surface area contributed by atoms with Crippen LogP contribution in [0.25, 0.3) is 0 Å². The number of hydrogen-bond acceptors (Lipinski definition) is 4. The maximum absolute atomic E-state index is 13.3. The molecule has 1 fully saturated rings. The van der Waals surface area contributed by atoms with Gasteiger partial charge in [-0.25, -0.2) is 8.78 Å². The van der Waals surface area contributed by atoms with Crippen LogP contribution in [0.4, 0.5) is 14.7 Å². The number of halogens is 2. The van der Waals surface area contributed by atoms with Crippen molar-refractivity contribution in [3.05, 3.63) is 47.2 Å². The zero-order chi connectivity index (χ0) is 18.2. The van der Waals surface area contributed by atoms with Crippen molar-refractivity contribution in [3.63, 3.8) is 0 Å². The Balaban J connectivity index is 1.61. The monoisotopic (exact) mass is 349 g/mol. The van der Waals surface area contributed by atoms with Crippen molar-refractivity contribution in [1.29, 1.82) is 0 Å². The number of amides is 1. The molecule has 7 heteroatoms. The number of carbonyl (C=O) groups excluding carboxylic acids is 1. The molecule has 1 aromatic heterocycles. The van der Waals surface area contributed by atoms with Crippen molar-refractivity contribution in [2.45, 2.75) is 45.2 Å². The van der Waals surface area contributed by atoms with E-state index in [0.717, 1.165) is 24.4 Å². The van der Waals surface area contributed by atoms with E-state index >= 15 is 0 Å². The lowest BCUT2D eigenvalue weighted by Gasteiger charge is -2.39. The molecule has 3 rings (SSSR count). The molecule has 2 aromatic rings. The van der Waals surface area contributed by atoms with Crippen LogP contribution in [0.2, 0.25) is 0 Å². The summed E-state index contributed by atoms with van der Waals surface area (Å²) >= 11 is 0. The first-order chi connectivity index (χ1) is 11.7. The van der Waals surface area contributed by atoms with E-state index in [1.807, 2.05) is 25.7 Å². The van der Waals surface area contributed by atoms with Crippen LogP contribution < -0.4 is 5.32 Å². The number of benzene rings is 1. The molecular weight excluding hydrogens is 328 g/mol. The topological polar surface area (TPSA) is 58.4 Å². The van der Waals surface area contributed by atoms with Gasteiger partial charge < -0.3 is 4.52 Å². The molecule has 134 valence electrons. The molecule has 25 heavy (non-hydrogen) atoms. The standard InChI is InChI=1S/C18H21F2N3O2/c1-18(2,3)15-9-16(25-22-15)21-17(24)14-6-7-23(14)10-11-4-5-12(19)13(20)8-11/h4-5,8-9,14H,6-7,10H2,1-3H3,(H,21,24)/t14-/m0/s1. The summed E-state index contributed by atoms with van der Waals surface area (Å²) in [6.45, 7) is 7.13. The zero-order valence-electron chi connectivity index (χ0n) is 14.5. The summed E-state index contributed by atoms with van der Waals surface area (Å²) in [4.78, 5) is 14.3. The number of aromatic nitrogens is 1. The molecule has 0 aliphatic carbocycles. The van der Waals surface area contributed by atoms with Gasteiger partial charge in [0.1, 0.15) is 0 Å². The van der Waals surface area contributed by atoms with Gasteiger partial charge in [0.2, 0.25) is 11.8 Å².